The number of methoxy groups -OCH3 is 1. The zero-order valence-corrected chi connectivity index (χ0v) is 19.8. The van der Waals surface area contributed by atoms with Crippen molar-refractivity contribution >= 4 is 35.6 Å². The Hall–Kier alpha value is -1.06. The molecule has 6 nitrogen and oxygen atoms in total. The highest BCUT2D eigenvalue weighted by molar-refractivity contribution is 14.0. The van der Waals surface area contributed by atoms with Crippen LogP contribution in [0.1, 0.15) is 39.5 Å². The van der Waals surface area contributed by atoms with Gasteiger partial charge in [-0.15, -0.1) is 24.0 Å². The third kappa shape index (κ3) is 9.43. The Morgan fingerprint density at radius 3 is 2.68 bits per heavy atom. The molecule has 2 rings (SSSR count). The maximum absolute atomic E-state index is 5.78. The molecular weight excluding hydrogens is 469 g/mol. The van der Waals surface area contributed by atoms with Crippen molar-refractivity contribution < 1.29 is 14.2 Å². The Morgan fingerprint density at radius 2 is 2.00 bits per heavy atom. The van der Waals surface area contributed by atoms with E-state index in [1.54, 1.807) is 7.11 Å². The van der Waals surface area contributed by atoms with Gasteiger partial charge in [-0.25, -0.2) is 0 Å². The van der Waals surface area contributed by atoms with Crippen LogP contribution < -0.4 is 15.4 Å². The summed E-state index contributed by atoms with van der Waals surface area (Å²) < 4.78 is 16.3. The number of guanidine groups is 1. The normalized spacial score (nSPS) is 14.9. The van der Waals surface area contributed by atoms with Crippen LogP contribution in [0.2, 0.25) is 0 Å². The molecule has 0 saturated heterocycles. The van der Waals surface area contributed by atoms with E-state index in [1.165, 1.54) is 12.8 Å². The number of aliphatic imine (C=N–C) groups is 1. The van der Waals surface area contributed by atoms with Gasteiger partial charge in [-0.2, -0.15) is 0 Å². The van der Waals surface area contributed by atoms with Crippen LogP contribution in [-0.2, 0) is 9.47 Å². The van der Waals surface area contributed by atoms with Crippen LogP contribution in [0.4, 0.5) is 5.69 Å². The summed E-state index contributed by atoms with van der Waals surface area (Å²) in [6.45, 7) is 8.75. The SMILES string of the molecule is CCNC(=NCC1(CCOCC)CC1)Nc1cccc(OCCCOC)c1.I. The number of nitrogens with zero attached hydrogens (tertiary/aromatic N) is 1. The fourth-order valence-electron chi connectivity index (χ4n) is 2.84. The first kappa shape index (κ1) is 25.0. The Bertz CT molecular complexity index is 580. The summed E-state index contributed by atoms with van der Waals surface area (Å²) in [5, 5.41) is 6.72. The van der Waals surface area contributed by atoms with Gasteiger partial charge in [0.1, 0.15) is 5.75 Å². The quantitative estimate of drug-likeness (QED) is 0.181. The first-order chi connectivity index (χ1) is 13.2. The van der Waals surface area contributed by atoms with Gasteiger partial charge in [-0.05, 0) is 50.7 Å². The number of anilines is 1. The fourth-order valence-corrected chi connectivity index (χ4v) is 2.84. The smallest absolute Gasteiger partial charge is 0.195 e. The molecule has 1 saturated carbocycles. The molecular formula is C21H36IN3O3. The maximum Gasteiger partial charge on any atom is 0.195 e. The monoisotopic (exact) mass is 505 g/mol. The standard InChI is InChI=1S/C21H35N3O3.HI/c1-4-22-20(23-17-21(10-11-21)12-15-26-5-2)24-18-8-6-9-19(16-18)27-14-7-13-25-3;/h6,8-9,16H,4-5,7,10-15,17H2,1-3H3,(H2,22,23,24);1H. The number of rotatable bonds is 13. The molecule has 0 unspecified atom stereocenters. The van der Waals surface area contributed by atoms with Gasteiger partial charge >= 0.3 is 0 Å². The van der Waals surface area contributed by atoms with Crippen LogP contribution >= 0.6 is 24.0 Å². The number of hydrogen-bond acceptors (Lipinski definition) is 4. The Kier molecular flexibility index (Phi) is 12.5. The average molecular weight is 505 g/mol. The summed E-state index contributed by atoms with van der Waals surface area (Å²) in [6, 6.07) is 7.98. The fraction of sp³-hybridized carbons (Fsp3) is 0.667. The summed E-state index contributed by atoms with van der Waals surface area (Å²) in [7, 11) is 1.70. The van der Waals surface area contributed by atoms with Gasteiger partial charge in [0.25, 0.3) is 0 Å². The molecule has 0 amide bonds. The minimum atomic E-state index is 0. The summed E-state index contributed by atoms with van der Waals surface area (Å²) in [5.74, 6) is 1.67. The predicted octanol–water partition coefficient (Wildman–Crippen LogP) is 4.30. The highest BCUT2D eigenvalue weighted by Crippen LogP contribution is 2.49. The molecule has 1 aromatic rings. The highest BCUT2D eigenvalue weighted by Gasteiger charge is 2.41. The number of halogens is 1. The zero-order valence-electron chi connectivity index (χ0n) is 17.5. The van der Waals surface area contributed by atoms with Crippen molar-refractivity contribution in [1.82, 2.24) is 5.32 Å². The van der Waals surface area contributed by atoms with Gasteiger partial charge in [0, 0.05) is 58.2 Å². The van der Waals surface area contributed by atoms with E-state index in [1.807, 2.05) is 31.2 Å². The van der Waals surface area contributed by atoms with Gasteiger partial charge < -0.3 is 24.8 Å². The summed E-state index contributed by atoms with van der Waals surface area (Å²) >= 11 is 0. The van der Waals surface area contributed by atoms with E-state index in [-0.39, 0.29) is 24.0 Å². The number of hydrogen-bond donors (Lipinski definition) is 2. The van der Waals surface area contributed by atoms with Crippen LogP contribution in [-0.4, -0.2) is 52.6 Å². The molecule has 1 aliphatic carbocycles. The lowest BCUT2D eigenvalue weighted by Gasteiger charge is -2.16. The molecule has 0 aliphatic heterocycles. The Labute approximate surface area is 186 Å². The van der Waals surface area contributed by atoms with E-state index >= 15 is 0 Å². The second-order valence-corrected chi connectivity index (χ2v) is 6.99. The molecule has 0 spiro atoms. The number of ether oxygens (including phenoxy) is 3. The Morgan fingerprint density at radius 1 is 1.18 bits per heavy atom. The summed E-state index contributed by atoms with van der Waals surface area (Å²) in [4.78, 5) is 4.82. The molecule has 0 heterocycles. The van der Waals surface area contributed by atoms with Crippen LogP contribution in [0.5, 0.6) is 5.75 Å². The van der Waals surface area contributed by atoms with Gasteiger partial charge in [0.15, 0.2) is 5.96 Å². The molecule has 160 valence electrons. The molecule has 2 N–H and O–H groups in total. The second kappa shape index (κ2) is 14.0. The molecule has 1 aliphatic rings. The predicted molar refractivity (Wildman–Crippen MR) is 126 cm³/mol. The van der Waals surface area contributed by atoms with E-state index in [2.05, 4.69) is 17.6 Å². The lowest BCUT2D eigenvalue weighted by Crippen LogP contribution is -2.31. The third-order valence-corrected chi connectivity index (χ3v) is 4.71. The van der Waals surface area contributed by atoms with Gasteiger partial charge in [-0.1, -0.05) is 6.07 Å². The lowest BCUT2D eigenvalue weighted by molar-refractivity contribution is 0.129. The van der Waals surface area contributed by atoms with E-state index in [4.69, 9.17) is 19.2 Å². The van der Waals surface area contributed by atoms with Crippen molar-refractivity contribution in [3.05, 3.63) is 24.3 Å². The summed E-state index contributed by atoms with van der Waals surface area (Å²) in [6.07, 6.45) is 4.46. The molecule has 7 heteroatoms. The van der Waals surface area contributed by atoms with E-state index in [0.717, 1.165) is 56.5 Å². The van der Waals surface area contributed by atoms with Crippen molar-refractivity contribution in [1.29, 1.82) is 0 Å². The van der Waals surface area contributed by atoms with Crippen molar-refractivity contribution in [3.63, 3.8) is 0 Å². The van der Waals surface area contributed by atoms with E-state index in [0.29, 0.717) is 18.6 Å². The second-order valence-electron chi connectivity index (χ2n) is 6.99. The molecule has 28 heavy (non-hydrogen) atoms. The van der Waals surface area contributed by atoms with Gasteiger partial charge in [0.05, 0.1) is 6.61 Å². The van der Waals surface area contributed by atoms with E-state index in [9.17, 15) is 0 Å². The lowest BCUT2D eigenvalue weighted by atomic mass is 10.0. The van der Waals surface area contributed by atoms with Crippen LogP contribution in [0.25, 0.3) is 0 Å². The third-order valence-electron chi connectivity index (χ3n) is 4.71. The van der Waals surface area contributed by atoms with Crippen molar-refractivity contribution in [3.8, 4) is 5.75 Å². The van der Waals surface area contributed by atoms with Gasteiger partial charge in [0.2, 0.25) is 0 Å². The highest BCUT2D eigenvalue weighted by atomic mass is 127. The average Bonchev–Trinajstić information content (AvgIpc) is 3.44. The minimum absolute atomic E-state index is 0. The van der Waals surface area contributed by atoms with Crippen LogP contribution in [0.3, 0.4) is 0 Å². The van der Waals surface area contributed by atoms with E-state index < -0.39 is 0 Å². The largest absolute Gasteiger partial charge is 0.493 e. The molecule has 0 atom stereocenters. The van der Waals surface area contributed by atoms with Crippen molar-refractivity contribution in [2.24, 2.45) is 10.4 Å². The Balaban J connectivity index is 0.00000392. The molecule has 0 radical (unpaired) electrons. The topological polar surface area (TPSA) is 64.1 Å². The van der Waals surface area contributed by atoms with Crippen LogP contribution in [0, 0.1) is 5.41 Å². The molecule has 1 aromatic carbocycles. The number of benzene rings is 1. The summed E-state index contributed by atoms with van der Waals surface area (Å²) in [5.41, 5.74) is 1.31. The van der Waals surface area contributed by atoms with Gasteiger partial charge in [-0.3, -0.25) is 4.99 Å². The zero-order chi connectivity index (χ0) is 19.4. The molecule has 0 aromatic heterocycles. The minimum Gasteiger partial charge on any atom is -0.493 e. The van der Waals surface area contributed by atoms with Crippen molar-refractivity contribution in [2.75, 3.05) is 51.9 Å². The molecule has 1 fully saturated rings. The number of nitrogens with one attached hydrogen (secondary N) is 2. The molecule has 0 bridgehead atoms. The maximum atomic E-state index is 5.78. The first-order valence-corrected chi connectivity index (χ1v) is 10.1. The first-order valence-electron chi connectivity index (χ1n) is 10.1. The van der Waals surface area contributed by atoms with Crippen molar-refractivity contribution in [2.45, 2.75) is 39.5 Å². The van der Waals surface area contributed by atoms with Crippen LogP contribution in [0.15, 0.2) is 29.3 Å².